The first-order chi connectivity index (χ1) is 8.26. The van der Waals surface area contributed by atoms with Crippen LogP contribution >= 0.6 is 0 Å². The zero-order valence-electron chi connectivity index (χ0n) is 10.5. The maximum absolute atomic E-state index is 8.78. The van der Waals surface area contributed by atoms with Gasteiger partial charge < -0.3 is 15.7 Å². The molecule has 0 atom stereocenters. The Bertz CT molecular complexity index is 390. The summed E-state index contributed by atoms with van der Waals surface area (Å²) in [5, 5.41) is 15.2. The SMILES string of the molecule is CNc1nc(C2CC2)nc(NCCCO)c1C. The molecule has 1 aliphatic carbocycles. The second-order valence-corrected chi connectivity index (χ2v) is 4.43. The van der Waals surface area contributed by atoms with Crippen LogP contribution in [0.1, 0.15) is 36.6 Å². The third kappa shape index (κ3) is 2.85. The molecule has 0 amide bonds. The molecular formula is C12H20N4O. The van der Waals surface area contributed by atoms with Gasteiger partial charge in [-0.1, -0.05) is 0 Å². The van der Waals surface area contributed by atoms with Crippen molar-refractivity contribution >= 4 is 11.6 Å². The largest absolute Gasteiger partial charge is 0.396 e. The molecule has 0 aliphatic heterocycles. The minimum absolute atomic E-state index is 0.200. The molecule has 0 unspecified atom stereocenters. The van der Waals surface area contributed by atoms with Crippen LogP contribution in [0, 0.1) is 6.92 Å². The van der Waals surface area contributed by atoms with Crippen molar-refractivity contribution in [1.82, 2.24) is 9.97 Å². The summed E-state index contributed by atoms with van der Waals surface area (Å²) in [6, 6.07) is 0. The van der Waals surface area contributed by atoms with Crippen LogP contribution in [-0.4, -0.2) is 35.3 Å². The third-order valence-electron chi connectivity index (χ3n) is 2.97. The lowest BCUT2D eigenvalue weighted by Gasteiger charge is -2.13. The Balaban J connectivity index is 2.18. The molecule has 5 heteroatoms. The number of aliphatic hydroxyl groups excluding tert-OH is 1. The summed E-state index contributed by atoms with van der Waals surface area (Å²) in [7, 11) is 1.88. The van der Waals surface area contributed by atoms with Gasteiger partial charge in [0.1, 0.15) is 17.5 Å². The van der Waals surface area contributed by atoms with E-state index in [4.69, 9.17) is 5.11 Å². The molecule has 0 spiro atoms. The highest BCUT2D eigenvalue weighted by molar-refractivity contribution is 5.57. The fourth-order valence-electron chi connectivity index (χ4n) is 1.76. The van der Waals surface area contributed by atoms with E-state index < -0.39 is 0 Å². The van der Waals surface area contributed by atoms with Crippen molar-refractivity contribution in [3.63, 3.8) is 0 Å². The zero-order valence-corrected chi connectivity index (χ0v) is 10.5. The highest BCUT2D eigenvalue weighted by Gasteiger charge is 2.28. The third-order valence-corrected chi connectivity index (χ3v) is 2.97. The lowest BCUT2D eigenvalue weighted by atomic mass is 10.2. The fourth-order valence-corrected chi connectivity index (χ4v) is 1.76. The average molecular weight is 236 g/mol. The van der Waals surface area contributed by atoms with Gasteiger partial charge in [0.05, 0.1) is 0 Å². The first-order valence-corrected chi connectivity index (χ1v) is 6.17. The van der Waals surface area contributed by atoms with Gasteiger partial charge in [-0.2, -0.15) is 0 Å². The Morgan fingerprint density at radius 2 is 2.00 bits per heavy atom. The molecule has 1 aromatic rings. The number of anilines is 2. The number of nitrogens with zero attached hydrogens (tertiary/aromatic N) is 2. The van der Waals surface area contributed by atoms with Gasteiger partial charge in [0.25, 0.3) is 0 Å². The van der Waals surface area contributed by atoms with Crippen LogP contribution in [0.4, 0.5) is 11.6 Å². The molecule has 5 nitrogen and oxygen atoms in total. The van der Waals surface area contributed by atoms with Gasteiger partial charge in [-0.15, -0.1) is 0 Å². The lowest BCUT2D eigenvalue weighted by Crippen LogP contribution is -2.11. The first kappa shape index (κ1) is 12.1. The molecule has 1 aromatic heterocycles. The van der Waals surface area contributed by atoms with Gasteiger partial charge >= 0.3 is 0 Å². The molecular weight excluding hydrogens is 216 g/mol. The van der Waals surface area contributed by atoms with Crippen molar-refractivity contribution in [2.75, 3.05) is 30.8 Å². The van der Waals surface area contributed by atoms with Gasteiger partial charge in [0.15, 0.2) is 0 Å². The number of nitrogens with one attached hydrogen (secondary N) is 2. The Labute approximate surface area is 102 Å². The predicted molar refractivity (Wildman–Crippen MR) is 68.5 cm³/mol. The van der Waals surface area contributed by atoms with Gasteiger partial charge in [0.2, 0.25) is 0 Å². The summed E-state index contributed by atoms with van der Waals surface area (Å²) in [6.45, 7) is 2.94. The molecule has 1 saturated carbocycles. The van der Waals surface area contributed by atoms with E-state index in [1.165, 1.54) is 12.8 Å². The van der Waals surface area contributed by atoms with Crippen LogP contribution in [-0.2, 0) is 0 Å². The average Bonchev–Trinajstić information content (AvgIpc) is 3.15. The summed E-state index contributed by atoms with van der Waals surface area (Å²) in [5.41, 5.74) is 1.04. The number of aliphatic hydroxyl groups is 1. The molecule has 1 fully saturated rings. The van der Waals surface area contributed by atoms with Crippen molar-refractivity contribution < 1.29 is 5.11 Å². The van der Waals surface area contributed by atoms with Crippen molar-refractivity contribution in [2.24, 2.45) is 0 Å². The van der Waals surface area contributed by atoms with Crippen molar-refractivity contribution in [2.45, 2.75) is 32.1 Å². The van der Waals surface area contributed by atoms with E-state index >= 15 is 0 Å². The number of rotatable bonds is 6. The summed E-state index contributed by atoms with van der Waals surface area (Å²) < 4.78 is 0. The van der Waals surface area contributed by atoms with Gasteiger partial charge in [-0.05, 0) is 26.2 Å². The van der Waals surface area contributed by atoms with E-state index in [2.05, 4.69) is 20.6 Å². The van der Waals surface area contributed by atoms with Crippen molar-refractivity contribution in [1.29, 1.82) is 0 Å². The van der Waals surface area contributed by atoms with E-state index in [1.807, 2.05) is 14.0 Å². The summed E-state index contributed by atoms with van der Waals surface area (Å²) >= 11 is 0. The quantitative estimate of drug-likeness (QED) is 0.653. The monoisotopic (exact) mass is 236 g/mol. The highest BCUT2D eigenvalue weighted by atomic mass is 16.3. The van der Waals surface area contributed by atoms with Crippen molar-refractivity contribution in [3.05, 3.63) is 11.4 Å². The number of hydrogen-bond acceptors (Lipinski definition) is 5. The molecule has 1 aliphatic rings. The molecule has 17 heavy (non-hydrogen) atoms. The highest BCUT2D eigenvalue weighted by Crippen LogP contribution is 2.39. The maximum Gasteiger partial charge on any atom is 0.136 e. The smallest absolute Gasteiger partial charge is 0.136 e. The molecule has 0 radical (unpaired) electrons. The molecule has 1 heterocycles. The predicted octanol–water partition coefficient (Wildman–Crippen LogP) is 1.50. The van der Waals surface area contributed by atoms with Gasteiger partial charge in [-0.25, -0.2) is 9.97 Å². The second kappa shape index (κ2) is 5.31. The van der Waals surface area contributed by atoms with Crippen LogP contribution in [0.25, 0.3) is 0 Å². The number of hydrogen-bond donors (Lipinski definition) is 3. The van der Waals surface area contributed by atoms with Crippen LogP contribution in [0.5, 0.6) is 0 Å². The summed E-state index contributed by atoms with van der Waals surface area (Å²) in [6.07, 6.45) is 3.13. The van der Waals surface area contributed by atoms with Crippen LogP contribution in [0.3, 0.4) is 0 Å². The molecule has 2 rings (SSSR count). The Hall–Kier alpha value is -1.36. The second-order valence-electron chi connectivity index (χ2n) is 4.43. The molecule has 94 valence electrons. The van der Waals surface area contributed by atoms with Gasteiger partial charge in [-0.3, -0.25) is 0 Å². The van der Waals surface area contributed by atoms with Gasteiger partial charge in [0, 0.05) is 31.7 Å². The van der Waals surface area contributed by atoms with E-state index in [1.54, 1.807) is 0 Å². The Kier molecular flexibility index (Phi) is 3.78. The van der Waals surface area contributed by atoms with E-state index in [0.717, 1.165) is 36.0 Å². The van der Waals surface area contributed by atoms with E-state index in [9.17, 15) is 0 Å². The fraction of sp³-hybridized carbons (Fsp3) is 0.667. The van der Waals surface area contributed by atoms with Crippen LogP contribution in [0.15, 0.2) is 0 Å². The molecule has 0 bridgehead atoms. The Morgan fingerprint density at radius 1 is 1.29 bits per heavy atom. The molecule has 0 saturated heterocycles. The maximum atomic E-state index is 8.78. The molecule has 3 N–H and O–H groups in total. The minimum atomic E-state index is 0.200. The topological polar surface area (TPSA) is 70.1 Å². The van der Waals surface area contributed by atoms with Crippen LogP contribution < -0.4 is 10.6 Å². The number of aromatic nitrogens is 2. The summed E-state index contributed by atoms with van der Waals surface area (Å²) in [5.74, 6) is 3.26. The minimum Gasteiger partial charge on any atom is -0.396 e. The standard InChI is InChI=1S/C12H20N4O/c1-8-10(13-2)15-12(9-4-5-9)16-11(8)14-6-3-7-17/h9,17H,3-7H2,1-2H3,(H2,13,14,15,16). The lowest BCUT2D eigenvalue weighted by molar-refractivity contribution is 0.292. The first-order valence-electron chi connectivity index (χ1n) is 6.17. The normalized spacial score (nSPS) is 14.8. The molecule has 0 aromatic carbocycles. The van der Waals surface area contributed by atoms with E-state index in [-0.39, 0.29) is 6.61 Å². The Morgan fingerprint density at radius 3 is 2.59 bits per heavy atom. The zero-order chi connectivity index (χ0) is 12.3. The van der Waals surface area contributed by atoms with Crippen molar-refractivity contribution in [3.8, 4) is 0 Å². The summed E-state index contributed by atoms with van der Waals surface area (Å²) in [4.78, 5) is 9.10. The van der Waals surface area contributed by atoms with Crippen LogP contribution in [0.2, 0.25) is 0 Å². The van der Waals surface area contributed by atoms with E-state index in [0.29, 0.717) is 5.92 Å².